The molecule has 0 spiro atoms. The van der Waals surface area contributed by atoms with Gasteiger partial charge in [-0.15, -0.1) is 0 Å². The van der Waals surface area contributed by atoms with Crippen molar-refractivity contribution in [2.24, 2.45) is 0 Å². The van der Waals surface area contributed by atoms with Crippen LogP contribution in [0.4, 0.5) is 21.8 Å². The van der Waals surface area contributed by atoms with Gasteiger partial charge in [-0.2, -0.15) is 0 Å². The predicted octanol–water partition coefficient (Wildman–Crippen LogP) is 5.48. The summed E-state index contributed by atoms with van der Waals surface area (Å²) >= 11 is 0. The van der Waals surface area contributed by atoms with Gasteiger partial charge in [0, 0.05) is 61.3 Å². The van der Waals surface area contributed by atoms with Gasteiger partial charge in [0.15, 0.2) is 0 Å². The van der Waals surface area contributed by atoms with Crippen molar-refractivity contribution in [2.45, 2.75) is 44.7 Å². The standard InChI is InChI=1S/C31H36FN9/c1-19-25(32)11-12-26-28(19)38-31(37-26)36-21-5-3-20(4-6-21)24-17-41(30-27(24)29(33)34-18-35-30)23-9-7-22(8-10-23)40-15-13-39(2)14-16-40/h3-6,11-12,17-18,22-23H,7-10,13-16H2,1-2H3,(H2,33,34,35)(H2,36,37,38)/t22-,23+. The maximum absolute atomic E-state index is 14.0. The lowest BCUT2D eigenvalue weighted by atomic mass is 9.89. The van der Waals surface area contributed by atoms with Crippen molar-refractivity contribution < 1.29 is 4.39 Å². The van der Waals surface area contributed by atoms with E-state index in [2.05, 4.69) is 60.0 Å². The number of anilines is 3. The number of fused-ring (bicyclic) bond motifs is 2. The zero-order valence-electron chi connectivity index (χ0n) is 23.6. The monoisotopic (exact) mass is 553 g/mol. The van der Waals surface area contributed by atoms with Crippen molar-refractivity contribution in [3.63, 3.8) is 0 Å². The van der Waals surface area contributed by atoms with Gasteiger partial charge in [-0.05, 0) is 69.5 Å². The summed E-state index contributed by atoms with van der Waals surface area (Å²) in [6.07, 6.45) is 8.47. The second kappa shape index (κ2) is 10.4. The van der Waals surface area contributed by atoms with Gasteiger partial charge < -0.3 is 25.5 Å². The van der Waals surface area contributed by atoms with E-state index in [1.807, 2.05) is 12.1 Å². The molecule has 0 radical (unpaired) electrons. The number of piperazine rings is 1. The Morgan fingerprint density at radius 2 is 1.68 bits per heavy atom. The Morgan fingerprint density at radius 1 is 0.951 bits per heavy atom. The lowest BCUT2D eigenvalue weighted by Gasteiger charge is -2.41. The third-order valence-corrected chi connectivity index (χ3v) is 9.05. The number of likely N-dealkylation sites (N-methyl/N-ethyl adjacent to an activating group) is 1. The minimum Gasteiger partial charge on any atom is -0.383 e. The highest BCUT2D eigenvalue weighted by molar-refractivity contribution is 6.00. The first-order valence-electron chi connectivity index (χ1n) is 14.5. The fourth-order valence-electron chi connectivity index (χ4n) is 6.61. The number of nitrogens with zero attached hydrogens (tertiary/aromatic N) is 6. The Morgan fingerprint density at radius 3 is 2.44 bits per heavy atom. The molecule has 0 atom stereocenters. The summed E-state index contributed by atoms with van der Waals surface area (Å²) in [4.78, 5) is 21.9. The Kier molecular flexibility index (Phi) is 6.59. The van der Waals surface area contributed by atoms with Crippen LogP contribution in [0, 0.1) is 12.7 Å². The van der Waals surface area contributed by atoms with E-state index in [0.717, 1.165) is 59.3 Å². The van der Waals surface area contributed by atoms with Crippen LogP contribution in [0.5, 0.6) is 0 Å². The Balaban J connectivity index is 1.12. The van der Waals surface area contributed by atoms with E-state index in [4.69, 9.17) is 10.7 Å². The summed E-state index contributed by atoms with van der Waals surface area (Å²) in [6.45, 7) is 6.40. The first-order chi connectivity index (χ1) is 19.9. The third-order valence-electron chi connectivity index (χ3n) is 9.05. The molecular weight excluding hydrogens is 517 g/mol. The number of nitrogens with two attached hydrogens (primary N) is 1. The van der Waals surface area contributed by atoms with Crippen molar-refractivity contribution in [3.8, 4) is 11.1 Å². The highest BCUT2D eigenvalue weighted by atomic mass is 19.1. The molecule has 2 aromatic carbocycles. The maximum atomic E-state index is 14.0. The van der Waals surface area contributed by atoms with Gasteiger partial charge in [0.2, 0.25) is 5.95 Å². The molecule has 1 saturated heterocycles. The molecule has 2 fully saturated rings. The van der Waals surface area contributed by atoms with Crippen LogP contribution in [0.1, 0.15) is 37.3 Å². The van der Waals surface area contributed by atoms with Gasteiger partial charge in [0.25, 0.3) is 0 Å². The van der Waals surface area contributed by atoms with Crippen LogP contribution in [-0.2, 0) is 0 Å². The number of benzene rings is 2. The highest BCUT2D eigenvalue weighted by Crippen LogP contribution is 2.39. The van der Waals surface area contributed by atoms with E-state index >= 15 is 0 Å². The molecule has 0 bridgehead atoms. The molecule has 10 heteroatoms. The summed E-state index contributed by atoms with van der Waals surface area (Å²) in [5.41, 5.74) is 12.3. The minimum absolute atomic E-state index is 0.259. The minimum atomic E-state index is -0.259. The fraction of sp³-hybridized carbons (Fsp3) is 0.387. The van der Waals surface area contributed by atoms with Crippen molar-refractivity contribution in [1.82, 2.24) is 34.3 Å². The van der Waals surface area contributed by atoms with Gasteiger partial charge in [0.1, 0.15) is 23.6 Å². The SMILES string of the molecule is Cc1c(F)ccc2[nH]c(Nc3ccc(-c4cn([C@H]5CC[C@@H](N6CCN(C)CC6)CC5)c5ncnc(N)c45)cc3)nc12. The smallest absolute Gasteiger partial charge is 0.205 e. The molecule has 1 aliphatic heterocycles. The number of aryl methyl sites for hydroxylation is 1. The Bertz CT molecular complexity index is 1690. The zero-order valence-corrected chi connectivity index (χ0v) is 23.6. The summed E-state index contributed by atoms with van der Waals surface area (Å²) in [6, 6.07) is 12.4. The van der Waals surface area contributed by atoms with Gasteiger partial charge >= 0.3 is 0 Å². The largest absolute Gasteiger partial charge is 0.383 e. The number of nitrogen functional groups attached to an aromatic ring is 1. The molecule has 0 amide bonds. The molecule has 4 N–H and O–H groups in total. The van der Waals surface area contributed by atoms with Crippen LogP contribution < -0.4 is 11.1 Å². The topological polar surface area (TPSA) is 104 Å². The summed E-state index contributed by atoms with van der Waals surface area (Å²) < 4.78 is 16.3. The van der Waals surface area contributed by atoms with E-state index in [1.165, 1.54) is 32.0 Å². The van der Waals surface area contributed by atoms with Crippen LogP contribution in [0.15, 0.2) is 48.9 Å². The van der Waals surface area contributed by atoms with Crippen LogP contribution in [-0.4, -0.2) is 73.6 Å². The molecule has 0 unspecified atom stereocenters. The lowest BCUT2D eigenvalue weighted by molar-refractivity contribution is 0.0828. The fourth-order valence-corrected chi connectivity index (χ4v) is 6.61. The van der Waals surface area contributed by atoms with Crippen molar-refractivity contribution >= 4 is 39.5 Å². The number of aromatic amines is 1. The summed E-state index contributed by atoms with van der Waals surface area (Å²) in [7, 11) is 2.21. The first kappa shape index (κ1) is 25.9. The maximum Gasteiger partial charge on any atom is 0.205 e. The second-order valence-corrected chi connectivity index (χ2v) is 11.6. The Hall–Kier alpha value is -4.02. The molecule has 9 nitrogen and oxygen atoms in total. The van der Waals surface area contributed by atoms with Crippen molar-refractivity contribution in [2.75, 3.05) is 44.3 Å². The van der Waals surface area contributed by atoms with E-state index < -0.39 is 0 Å². The van der Waals surface area contributed by atoms with Crippen LogP contribution in [0.2, 0.25) is 0 Å². The number of rotatable bonds is 5. The quantitative estimate of drug-likeness (QED) is 0.265. The lowest BCUT2D eigenvalue weighted by Crippen LogP contribution is -2.49. The van der Waals surface area contributed by atoms with Gasteiger partial charge in [-0.25, -0.2) is 19.3 Å². The molecule has 4 heterocycles. The average molecular weight is 554 g/mol. The van der Waals surface area contributed by atoms with E-state index in [-0.39, 0.29) is 5.82 Å². The molecule has 41 heavy (non-hydrogen) atoms. The normalized spacial score (nSPS) is 20.7. The summed E-state index contributed by atoms with van der Waals surface area (Å²) in [5, 5.41) is 4.21. The number of hydrogen-bond donors (Lipinski definition) is 3. The van der Waals surface area contributed by atoms with Crippen molar-refractivity contribution in [3.05, 3.63) is 60.3 Å². The zero-order chi connectivity index (χ0) is 28.1. The van der Waals surface area contributed by atoms with Gasteiger partial charge in [-0.1, -0.05) is 12.1 Å². The molecule has 212 valence electrons. The van der Waals surface area contributed by atoms with Crippen LogP contribution >= 0.6 is 0 Å². The Labute approximate surface area is 238 Å². The van der Waals surface area contributed by atoms with E-state index in [1.54, 1.807) is 19.3 Å². The molecular formula is C31H36FN9. The van der Waals surface area contributed by atoms with Gasteiger partial charge in [0.05, 0.1) is 16.4 Å². The molecule has 3 aromatic heterocycles. The predicted molar refractivity (Wildman–Crippen MR) is 162 cm³/mol. The second-order valence-electron chi connectivity index (χ2n) is 11.6. The number of hydrogen-bond acceptors (Lipinski definition) is 7. The number of H-pyrrole nitrogens is 1. The van der Waals surface area contributed by atoms with Crippen molar-refractivity contribution in [1.29, 1.82) is 0 Å². The molecule has 5 aromatic rings. The molecule has 7 rings (SSSR count). The number of nitrogens with one attached hydrogen (secondary N) is 2. The molecule has 1 aliphatic carbocycles. The number of imidazole rings is 1. The number of halogens is 1. The molecule has 2 aliphatic rings. The third kappa shape index (κ3) is 4.81. The highest BCUT2D eigenvalue weighted by Gasteiger charge is 2.30. The average Bonchev–Trinajstić information content (AvgIpc) is 3.59. The van der Waals surface area contributed by atoms with Crippen LogP contribution in [0.25, 0.3) is 33.2 Å². The number of aromatic nitrogens is 5. The first-order valence-corrected chi connectivity index (χ1v) is 14.5. The summed E-state index contributed by atoms with van der Waals surface area (Å²) in [5.74, 6) is 0.815. The molecule has 1 saturated carbocycles. The van der Waals surface area contributed by atoms with Crippen LogP contribution in [0.3, 0.4) is 0 Å². The van der Waals surface area contributed by atoms with Gasteiger partial charge in [-0.3, -0.25) is 4.90 Å². The van der Waals surface area contributed by atoms with E-state index in [0.29, 0.717) is 34.9 Å². The van der Waals surface area contributed by atoms with E-state index in [9.17, 15) is 4.39 Å².